The van der Waals surface area contributed by atoms with Crippen molar-refractivity contribution in [3.05, 3.63) is 29.8 Å². The van der Waals surface area contributed by atoms with Crippen molar-refractivity contribution in [2.75, 3.05) is 6.54 Å². The number of benzene rings is 1. The van der Waals surface area contributed by atoms with Crippen LogP contribution >= 0.6 is 0 Å². The van der Waals surface area contributed by atoms with E-state index in [1.54, 1.807) is 0 Å². The Morgan fingerprint density at radius 2 is 2.20 bits per heavy atom. The number of fused-ring (bicyclic) bond motifs is 1. The zero-order valence-corrected chi connectivity index (χ0v) is 12.8. The van der Waals surface area contributed by atoms with Crippen LogP contribution in [0.25, 0.3) is 0 Å². The maximum atomic E-state index is 6.13. The summed E-state index contributed by atoms with van der Waals surface area (Å²) in [5, 5.41) is 3.69. The van der Waals surface area contributed by atoms with Gasteiger partial charge in [0.05, 0.1) is 0 Å². The predicted octanol–water partition coefficient (Wildman–Crippen LogP) is 3.94. The maximum absolute atomic E-state index is 6.13. The first kappa shape index (κ1) is 13.9. The molecule has 0 bridgehead atoms. The van der Waals surface area contributed by atoms with Crippen LogP contribution in [0.4, 0.5) is 0 Å². The SMILES string of the molecule is CCCNC1CCC(C)(CC2Cc3ccccc3O2)C1. The molecule has 3 atom stereocenters. The van der Waals surface area contributed by atoms with Crippen molar-refractivity contribution >= 4 is 0 Å². The lowest BCUT2D eigenvalue weighted by atomic mass is 9.82. The molecule has 0 saturated heterocycles. The smallest absolute Gasteiger partial charge is 0.123 e. The van der Waals surface area contributed by atoms with Gasteiger partial charge in [-0.1, -0.05) is 32.0 Å². The summed E-state index contributed by atoms with van der Waals surface area (Å²) in [6, 6.07) is 9.23. The molecule has 2 aliphatic rings. The Morgan fingerprint density at radius 3 is 3.00 bits per heavy atom. The second-order valence-electron chi connectivity index (χ2n) is 6.96. The van der Waals surface area contributed by atoms with Gasteiger partial charge in [0.15, 0.2) is 0 Å². The lowest BCUT2D eigenvalue weighted by Gasteiger charge is -2.27. The lowest BCUT2D eigenvalue weighted by molar-refractivity contribution is 0.147. The van der Waals surface area contributed by atoms with Crippen molar-refractivity contribution < 1.29 is 4.74 Å². The molecule has 110 valence electrons. The molecule has 1 aromatic rings. The third kappa shape index (κ3) is 3.01. The summed E-state index contributed by atoms with van der Waals surface area (Å²) in [5.41, 5.74) is 1.85. The van der Waals surface area contributed by atoms with Gasteiger partial charge in [-0.3, -0.25) is 0 Å². The number of nitrogens with one attached hydrogen (secondary N) is 1. The second-order valence-corrected chi connectivity index (χ2v) is 6.96. The van der Waals surface area contributed by atoms with Gasteiger partial charge in [0.1, 0.15) is 11.9 Å². The summed E-state index contributed by atoms with van der Waals surface area (Å²) in [5.74, 6) is 1.11. The lowest BCUT2D eigenvalue weighted by Crippen LogP contribution is -2.30. The summed E-state index contributed by atoms with van der Waals surface area (Å²) in [6.45, 7) is 5.85. The molecule has 2 heteroatoms. The Morgan fingerprint density at radius 1 is 1.35 bits per heavy atom. The highest BCUT2D eigenvalue weighted by Crippen LogP contribution is 2.44. The van der Waals surface area contributed by atoms with Crippen molar-refractivity contribution in [2.45, 2.75) is 64.5 Å². The molecule has 1 aromatic carbocycles. The van der Waals surface area contributed by atoms with Gasteiger partial charge in [0.2, 0.25) is 0 Å². The van der Waals surface area contributed by atoms with Crippen LogP contribution in [0.2, 0.25) is 0 Å². The fraction of sp³-hybridized carbons (Fsp3) is 0.667. The molecule has 1 aliphatic carbocycles. The van der Waals surface area contributed by atoms with Crippen LogP contribution in [-0.4, -0.2) is 18.7 Å². The van der Waals surface area contributed by atoms with Gasteiger partial charge in [-0.25, -0.2) is 0 Å². The van der Waals surface area contributed by atoms with E-state index < -0.39 is 0 Å². The molecule has 1 fully saturated rings. The number of ether oxygens (including phenoxy) is 1. The molecular formula is C18H27NO. The van der Waals surface area contributed by atoms with Gasteiger partial charge in [-0.05, 0) is 55.7 Å². The van der Waals surface area contributed by atoms with Crippen molar-refractivity contribution in [1.29, 1.82) is 0 Å². The minimum Gasteiger partial charge on any atom is -0.490 e. The standard InChI is InChI=1S/C18H27NO/c1-3-10-19-15-8-9-18(2,12-15)13-16-11-14-6-4-5-7-17(14)20-16/h4-7,15-16,19H,3,8-13H2,1-2H3. The Hall–Kier alpha value is -1.02. The minimum absolute atomic E-state index is 0.391. The highest BCUT2D eigenvalue weighted by Gasteiger charge is 2.38. The van der Waals surface area contributed by atoms with E-state index in [9.17, 15) is 0 Å². The van der Waals surface area contributed by atoms with Crippen LogP contribution in [0.3, 0.4) is 0 Å². The molecule has 1 heterocycles. The summed E-state index contributed by atoms with van der Waals surface area (Å²) in [7, 11) is 0. The van der Waals surface area contributed by atoms with E-state index in [1.807, 2.05) is 0 Å². The molecule has 3 unspecified atom stereocenters. The molecule has 1 saturated carbocycles. The largest absolute Gasteiger partial charge is 0.490 e. The van der Waals surface area contributed by atoms with E-state index in [-0.39, 0.29) is 0 Å². The molecule has 20 heavy (non-hydrogen) atoms. The number of para-hydroxylation sites is 1. The Balaban J connectivity index is 1.54. The second kappa shape index (κ2) is 5.77. The first-order chi connectivity index (χ1) is 9.68. The average Bonchev–Trinajstić information content (AvgIpc) is 2.99. The Kier molecular flexibility index (Phi) is 4.02. The monoisotopic (exact) mass is 273 g/mol. The van der Waals surface area contributed by atoms with Gasteiger partial charge in [-0.15, -0.1) is 0 Å². The average molecular weight is 273 g/mol. The summed E-state index contributed by atoms with van der Waals surface area (Å²) < 4.78 is 6.13. The number of rotatable bonds is 5. The number of hydrogen-bond acceptors (Lipinski definition) is 2. The van der Waals surface area contributed by atoms with Gasteiger partial charge in [0.25, 0.3) is 0 Å². The van der Waals surface area contributed by atoms with Crippen LogP contribution in [0.1, 0.15) is 51.5 Å². The van der Waals surface area contributed by atoms with Crippen molar-refractivity contribution in [3.8, 4) is 5.75 Å². The van der Waals surface area contributed by atoms with Crippen molar-refractivity contribution in [2.24, 2.45) is 5.41 Å². The summed E-state index contributed by atoms with van der Waals surface area (Å²) in [6.07, 6.45) is 7.89. The van der Waals surface area contributed by atoms with Crippen LogP contribution in [0.15, 0.2) is 24.3 Å². The van der Waals surface area contributed by atoms with Gasteiger partial charge >= 0.3 is 0 Å². The molecule has 0 radical (unpaired) electrons. The normalized spacial score (nSPS) is 32.1. The van der Waals surface area contributed by atoms with E-state index in [1.165, 1.54) is 37.7 Å². The highest BCUT2D eigenvalue weighted by molar-refractivity contribution is 5.37. The first-order valence-electron chi connectivity index (χ1n) is 8.16. The van der Waals surface area contributed by atoms with E-state index in [0.29, 0.717) is 11.5 Å². The van der Waals surface area contributed by atoms with E-state index in [4.69, 9.17) is 4.74 Å². The molecule has 0 spiro atoms. The molecule has 3 rings (SSSR count). The van der Waals surface area contributed by atoms with Gasteiger partial charge < -0.3 is 10.1 Å². The van der Waals surface area contributed by atoms with Crippen LogP contribution < -0.4 is 10.1 Å². The van der Waals surface area contributed by atoms with Crippen molar-refractivity contribution in [3.63, 3.8) is 0 Å². The fourth-order valence-corrected chi connectivity index (χ4v) is 3.95. The fourth-order valence-electron chi connectivity index (χ4n) is 3.95. The Bertz CT molecular complexity index is 433. The molecule has 0 amide bonds. The highest BCUT2D eigenvalue weighted by atomic mass is 16.5. The summed E-state index contributed by atoms with van der Waals surface area (Å²) in [4.78, 5) is 0. The molecule has 1 N–H and O–H groups in total. The predicted molar refractivity (Wildman–Crippen MR) is 83.2 cm³/mol. The third-order valence-electron chi connectivity index (χ3n) is 4.95. The van der Waals surface area contributed by atoms with Crippen molar-refractivity contribution in [1.82, 2.24) is 5.32 Å². The molecule has 2 nitrogen and oxygen atoms in total. The Labute approximate surface area is 122 Å². The third-order valence-corrected chi connectivity index (χ3v) is 4.95. The quantitative estimate of drug-likeness (QED) is 0.877. The zero-order chi connectivity index (χ0) is 14.0. The van der Waals surface area contributed by atoms with Gasteiger partial charge in [-0.2, -0.15) is 0 Å². The minimum atomic E-state index is 0.391. The van der Waals surface area contributed by atoms with E-state index in [2.05, 4.69) is 43.4 Å². The van der Waals surface area contributed by atoms with Crippen LogP contribution in [-0.2, 0) is 6.42 Å². The molecular weight excluding hydrogens is 246 g/mol. The van der Waals surface area contributed by atoms with E-state index in [0.717, 1.165) is 24.8 Å². The molecule has 1 aliphatic heterocycles. The number of hydrogen-bond donors (Lipinski definition) is 1. The summed E-state index contributed by atoms with van der Waals surface area (Å²) >= 11 is 0. The van der Waals surface area contributed by atoms with Crippen LogP contribution in [0, 0.1) is 5.41 Å². The zero-order valence-electron chi connectivity index (χ0n) is 12.8. The van der Waals surface area contributed by atoms with E-state index >= 15 is 0 Å². The maximum Gasteiger partial charge on any atom is 0.123 e. The van der Waals surface area contributed by atoms with Crippen LogP contribution in [0.5, 0.6) is 5.75 Å². The molecule has 0 aromatic heterocycles. The van der Waals surface area contributed by atoms with Gasteiger partial charge in [0, 0.05) is 12.5 Å². The topological polar surface area (TPSA) is 21.3 Å². The first-order valence-corrected chi connectivity index (χ1v) is 8.16.